The van der Waals surface area contributed by atoms with Crippen molar-refractivity contribution in [3.05, 3.63) is 0 Å². The highest BCUT2D eigenvalue weighted by molar-refractivity contribution is 4.97. The Labute approximate surface area is 119 Å². The van der Waals surface area contributed by atoms with Crippen LogP contribution in [0.1, 0.15) is 60.8 Å². The van der Waals surface area contributed by atoms with Gasteiger partial charge in [0.1, 0.15) is 0 Å². The van der Waals surface area contributed by atoms with E-state index in [1.54, 1.807) is 0 Å². The first-order chi connectivity index (χ1) is 8.78. The molecule has 0 aliphatic carbocycles. The van der Waals surface area contributed by atoms with Gasteiger partial charge >= 0.3 is 0 Å². The van der Waals surface area contributed by atoms with Crippen LogP contribution in [0.15, 0.2) is 0 Å². The summed E-state index contributed by atoms with van der Waals surface area (Å²) in [5.74, 6) is 0.727. The van der Waals surface area contributed by atoms with Crippen molar-refractivity contribution in [2.24, 2.45) is 11.7 Å². The van der Waals surface area contributed by atoms with Crippen molar-refractivity contribution in [1.29, 1.82) is 0 Å². The molecular weight excluding hydrogens is 236 g/mol. The number of ether oxygens (including phenoxy) is 1. The molecule has 1 aliphatic rings. The largest absolute Gasteiger partial charge is 0.370 e. The first-order valence-corrected chi connectivity index (χ1v) is 7.91. The fourth-order valence-electron chi connectivity index (χ4n) is 3.46. The van der Waals surface area contributed by atoms with E-state index < -0.39 is 0 Å². The van der Waals surface area contributed by atoms with E-state index in [4.69, 9.17) is 10.5 Å². The molecule has 114 valence electrons. The minimum atomic E-state index is -0.0668. The molecular formula is C16H34N2O. The van der Waals surface area contributed by atoms with E-state index in [1.807, 2.05) is 0 Å². The molecule has 19 heavy (non-hydrogen) atoms. The minimum absolute atomic E-state index is 0.0668. The molecule has 3 unspecified atom stereocenters. The van der Waals surface area contributed by atoms with Crippen molar-refractivity contribution >= 4 is 0 Å². The van der Waals surface area contributed by atoms with Crippen molar-refractivity contribution in [2.75, 3.05) is 19.6 Å². The zero-order valence-corrected chi connectivity index (χ0v) is 13.8. The van der Waals surface area contributed by atoms with Gasteiger partial charge in [-0.05, 0) is 39.5 Å². The van der Waals surface area contributed by atoms with Crippen molar-refractivity contribution in [1.82, 2.24) is 4.90 Å². The Kier molecular flexibility index (Phi) is 5.84. The standard InChI is InChI=1S/C16H34N2O/c1-7-13(3)9-16(8-2,11-17)18-10-14(4)19-15(5,6)12-18/h13-14H,7-12,17H2,1-6H3. The number of nitrogens with two attached hydrogens (primary N) is 1. The topological polar surface area (TPSA) is 38.5 Å². The smallest absolute Gasteiger partial charge is 0.0757 e. The lowest BCUT2D eigenvalue weighted by atomic mass is 9.81. The van der Waals surface area contributed by atoms with E-state index in [0.29, 0.717) is 0 Å². The Morgan fingerprint density at radius 1 is 1.42 bits per heavy atom. The van der Waals surface area contributed by atoms with Crippen molar-refractivity contribution < 1.29 is 4.74 Å². The molecule has 3 atom stereocenters. The molecule has 0 saturated carbocycles. The molecule has 0 amide bonds. The van der Waals surface area contributed by atoms with Crippen LogP contribution in [-0.4, -0.2) is 41.8 Å². The molecule has 1 heterocycles. The molecule has 1 saturated heterocycles. The summed E-state index contributed by atoms with van der Waals surface area (Å²) < 4.78 is 6.04. The summed E-state index contributed by atoms with van der Waals surface area (Å²) in [6.07, 6.45) is 3.83. The summed E-state index contributed by atoms with van der Waals surface area (Å²) in [5.41, 5.74) is 6.28. The van der Waals surface area contributed by atoms with Crippen LogP contribution in [0.4, 0.5) is 0 Å². The van der Waals surface area contributed by atoms with Crippen LogP contribution in [-0.2, 0) is 4.74 Å². The fraction of sp³-hybridized carbons (Fsp3) is 1.00. The first kappa shape index (κ1) is 16.9. The highest BCUT2D eigenvalue weighted by Crippen LogP contribution is 2.33. The maximum absolute atomic E-state index is 6.20. The van der Waals surface area contributed by atoms with E-state index in [1.165, 1.54) is 12.8 Å². The van der Waals surface area contributed by atoms with Crippen LogP contribution in [0.3, 0.4) is 0 Å². The Balaban J connectivity index is 2.91. The van der Waals surface area contributed by atoms with E-state index in [2.05, 4.69) is 46.4 Å². The van der Waals surface area contributed by atoms with E-state index in [9.17, 15) is 0 Å². The number of rotatable bonds is 6. The predicted octanol–water partition coefficient (Wildman–Crippen LogP) is 3.03. The summed E-state index contributed by atoms with van der Waals surface area (Å²) in [7, 11) is 0. The lowest BCUT2D eigenvalue weighted by molar-refractivity contribution is -0.155. The molecule has 2 N–H and O–H groups in total. The van der Waals surface area contributed by atoms with Gasteiger partial charge in [0.05, 0.1) is 11.7 Å². The Morgan fingerprint density at radius 2 is 2.05 bits per heavy atom. The summed E-state index contributed by atoms with van der Waals surface area (Å²) in [5, 5.41) is 0. The van der Waals surface area contributed by atoms with Gasteiger partial charge in [0.2, 0.25) is 0 Å². The third kappa shape index (κ3) is 4.17. The number of hydrogen-bond donors (Lipinski definition) is 1. The Hall–Kier alpha value is -0.120. The predicted molar refractivity (Wildman–Crippen MR) is 82.3 cm³/mol. The molecule has 1 fully saturated rings. The second-order valence-corrected chi connectivity index (χ2v) is 7.07. The summed E-state index contributed by atoms with van der Waals surface area (Å²) in [6, 6.07) is 0. The van der Waals surface area contributed by atoms with Crippen molar-refractivity contribution in [3.8, 4) is 0 Å². The maximum atomic E-state index is 6.20. The van der Waals surface area contributed by atoms with Gasteiger partial charge in [-0.15, -0.1) is 0 Å². The van der Waals surface area contributed by atoms with Crippen molar-refractivity contribution in [2.45, 2.75) is 78.0 Å². The van der Waals surface area contributed by atoms with Gasteiger partial charge in [-0.3, -0.25) is 4.90 Å². The van der Waals surface area contributed by atoms with E-state index >= 15 is 0 Å². The van der Waals surface area contributed by atoms with Crippen LogP contribution in [0.2, 0.25) is 0 Å². The third-order valence-corrected chi connectivity index (χ3v) is 4.70. The molecule has 0 aromatic carbocycles. The molecule has 3 nitrogen and oxygen atoms in total. The zero-order chi connectivity index (χ0) is 14.7. The molecule has 3 heteroatoms. The van der Waals surface area contributed by atoms with Crippen LogP contribution in [0.5, 0.6) is 0 Å². The lowest BCUT2D eigenvalue weighted by Gasteiger charge is -2.52. The maximum Gasteiger partial charge on any atom is 0.0757 e. The van der Waals surface area contributed by atoms with Gasteiger partial charge in [0.15, 0.2) is 0 Å². The van der Waals surface area contributed by atoms with Crippen molar-refractivity contribution in [3.63, 3.8) is 0 Å². The molecule has 1 aliphatic heterocycles. The summed E-state index contributed by atoms with van der Waals surface area (Å²) in [4.78, 5) is 2.60. The van der Waals surface area contributed by atoms with E-state index in [0.717, 1.165) is 32.0 Å². The first-order valence-electron chi connectivity index (χ1n) is 7.91. The SMILES string of the molecule is CCC(C)CC(CC)(CN)N1CC(C)OC(C)(C)C1. The number of morpholine rings is 1. The van der Waals surface area contributed by atoms with Gasteiger partial charge in [-0.25, -0.2) is 0 Å². The second-order valence-electron chi connectivity index (χ2n) is 7.07. The quantitative estimate of drug-likeness (QED) is 0.806. The molecule has 1 rings (SSSR count). The van der Waals surface area contributed by atoms with Gasteiger partial charge in [-0.2, -0.15) is 0 Å². The third-order valence-electron chi connectivity index (χ3n) is 4.70. The van der Waals surface area contributed by atoms with E-state index in [-0.39, 0.29) is 17.2 Å². The molecule has 0 aromatic heterocycles. The average Bonchev–Trinajstić information content (AvgIpc) is 2.33. The Morgan fingerprint density at radius 3 is 2.47 bits per heavy atom. The van der Waals surface area contributed by atoms with Gasteiger partial charge < -0.3 is 10.5 Å². The van der Waals surface area contributed by atoms with Crippen LogP contribution in [0, 0.1) is 5.92 Å². The number of nitrogens with zero attached hydrogens (tertiary/aromatic N) is 1. The molecule has 0 radical (unpaired) electrons. The normalized spacial score (nSPS) is 28.9. The van der Waals surface area contributed by atoms with Gasteiger partial charge in [0.25, 0.3) is 0 Å². The van der Waals surface area contributed by atoms with Crippen LogP contribution >= 0.6 is 0 Å². The summed E-state index contributed by atoms with van der Waals surface area (Å²) in [6.45, 7) is 16.2. The monoisotopic (exact) mass is 270 g/mol. The fourth-order valence-corrected chi connectivity index (χ4v) is 3.46. The summed E-state index contributed by atoms with van der Waals surface area (Å²) >= 11 is 0. The van der Waals surface area contributed by atoms with Crippen LogP contribution in [0.25, 0.3) is 0 Å². The average molecular weight is 270 g/mol. The molecule has 0 aromatic rings. The van der Waals surface area contributed by atoms with Gasteiger partial charge in [0, 0.05) is 25.2 Å². The van der Waals surface area contributed by atoms with Gasteiger partial charge in [-0.1, -0.05) is 27.2 Å². The minimum Gasteiger partial charge on any atom is -0.370 e. The highest BCUT2D eigenvalue weighted by atomic mass is 16.5. The molecule has 0 spiro atoms. The second kappa shape index (κ2) is 6.55. The molecule has 0 bridgehead atoms. The van der Waals surface area contributed by atoms with Crippen LogP contribution < -0.4 is 5.73 Å². The number of hydrogen-bond acceptors (Lipinski definition) is 3. The highest BCUT2D eigenvalue weighted by Gasteiger charge is 2.42. The lowest BCUT2D eigenvalue weighted by Crippen LogP contribution is -2.63. The Bertz CT molecular complexity index is 274. The zero-order valence-electron chi connectivity index (χ0n) is 13.8.